The molecular weight excluding hydrogens is 233 g/mol. The zero-order valence-electron chi connectivity index (χ0n) is 10.5. The van der Waals surface area contributed by atoms with Crippen molar-refractivity contribution >= 4 is 11.6 Å². The predicted molar refractivity (Wildman–Crippen MR) is 68.8 cm³/mol. The first-order chi connectivity index (χ1) is 8.61. The number of nitrogens with zero attached hydrogens (tertiary/aromatic N) is 2. The smallest absolute Gasteiger partial charge is 0.219 e. The Hall–Kier alpha value is -1.62. The maximum Gasteiger partial charge on any atom is 0.219 e. The van der Waals surface area contributed by atoms with Gasteiger partial charge in [-0.15, -0.1) is 0 Å². The minimum atomic E-state index is -0.241. The molecule has 0 spiro atoms. The van der Waals surface area contributed by atoms with E-state index < -0.39 is 0 Å². The van der Waals surface area contributed by atoms with Gasteiger partial charge in [-0.05, 0) is 17.7 Å². The Morgan fingerprint density at radius 1 is 1.33 bits per heavy atom. The Balaban J connectivity index is 2.07. The summed E-state index contributed by atoms with van der Waals surface area (Å²) in [6.07, 6.45) is 0. The summed E-state index contributed by atoms with van der Waals surface area (Å²) in [5, 5.41) is 0. The van der Waals surface area contributed by atoms with Gasteiger partial charge >= 0.3 is 0 Å². The van der Waals surface area contributed by atoms with Crippen molar-refractivity contribution in [2.45, 2.75) is 13.5 Å². The molecule has 1 aromatic carbocycles. The third-order valence-electron chi connectivity index (χ3n) is 3.31. The van der Waals surface area contributed by atoms with Gasteiger partial charge in [0.05, 0.1) is 5.69 Å². The van der Waals surface area contributed by atoms with E-state index in [0.717, 1.165) is 5.56 Å². The van der Waals surface area contributed by atoms with E-state index in [-0.39, 0.29) is 11.7 Å². The fraction of sp³-hybridized carbons (Fsp3) is 0.462. The number of amides is 1. The number of halogens is 1. The Morgan fingerprint density at radius 2 is 2.00 bits per heavy atom. The molecule has 0 radical (unpaired) electrons. The summed E-state index contributed by atoms with van der Waals surface area (Å²) >= 11 is 0. The van der Waals surface area contributed by atoms with Crippen molar-refractivity contribution < 1.29 is 9.18 Å². The van der Waals surface area contributed by atoms with Crippen LogP contribution in [0.5, 0.6) is 0 Å². The number of benzene rings is 1. The molecule has 98 valence electrons. The summed E-state index contributed by atoms with van der Waals surface area (Å²) in [4.78, 5) is 15.0. The van der Waals surface area contributed by atoms with Crippen LogP contribution in [0.2, 0.25) is 0 Å². The van der Waals surface area contributed by atoms with Crippen LogP contribution in [0, 0.1) is 5.82 Å². The Bertz CT molecular complexity index is 442. The first-order valence-electron chi connectivity index (χ1n) is 6.11. The molecule has 1 fully saturated rings. The van der Waals surface area contributed by atoms with E-state index in [1.807, 2.05) is 11.0 Å². The zero-order valence-corrected chi connectivity index (χ0v) is 10.5. The lowest BCUT2D eigenvalue weighted by Gasteiger charge is -2.35. The van der Waals surface area contributed by atoms with Gasteiger partial charge in [0.15, 0.2) is 0 Å². The van der Waals surface area contributed by atoms with Gasteiger partial charge in [0.1, 0.15) is 5.82 Å². The molecule has 0 bridgehead atoms. The summed E-state index contributed by atoms with van der Waals surface area (Å²) in [6.45, 7) is 4.53. The molecule has 4 nitrogen and oxygen atoms in total. The first-order valence-corrected chi connectivity index (χ1v) is 6.11. The summed E-state index contributed by atoms with van der Waals surface area (Å²) in [5.41, 5.74) is 6.86. The van der Waals surface area contributed by atoms with Gasteiger partial charge in [0.2, 0.25) is 5.91 Å². The molecule has 0 aliphatic carbocycles. The quantitative estimate of drug-likeness (QED) is 0.851. The number of carbonyl (C=O) groups excluding carboxylic acids is 1. The highest BCUT2D eigenvalue weighted by Gasteiger charge is 2.20. The van der Waals surface area contributed by atoms with E-state index in [9.17, 15) is 9.18 Å². The van der Waals surface area contributed by atoms with Crippen LogP contribution in [0.15, 0.2) is 18.2 Å². The minimum absolute atomic E-state index is 0.0774. The van der Waals surface area contributed by atoms with Crippen molar-refractivity contribution in [1.82, 2.24) is 4.90 Å². The van der Waals surface area contributed by atoms with Crippen LogP contribution >= 0.6 is 0 Å². The van der Waals surface area contributed by atoms with Gasteiger partial charge < -0.3 is 15.5 Å². The van der Waals surface area contributed by atoms with Gasteiger partial charge in [0, 0.05) is 39.6 Å². The number of hydrogen-bond donors (Lipinski definition) is 1. The van der Waals surface area contributed by atoms with Crippen molar-refractivity contribution in [2.75, 3.05) is 31.1 Å². The maximum absolute atomic E-state index is 13.9. The number of anilines is 1. The van der Waals surface area contributed by atoms with Crippen LogP contribution in [0.1, 0.15) is 12.5 Å². The van der Waals surface area contributed by atoms with Crippen molar-refractivity contribution in [1.29, 1.82) is 0 Å². The third kappa shape index (κ3) is 2.61. The van der Waals surface area contributed by atoms with Crippen LogP contribution < -0.4 is 10.6 Å². The predicted octanol–water partition coefficient (Wildman–Crippen LogP) is 0.953. The van der Waals surface area contributed by atoms with E-state index in [0.29, 0.717) is 38.4 Å². The minimum Gasteiger partial charge on any atom is -0.366 e. The van der Waals surface area contributed by atoms with E-state index in [4.69, 9.17) is 5.73 Å². The van der Waals surface area contributed by atoms with Crippen LogP contribution in [0.25, 0.3) is 0 Å². The van der Waals surface area contributed by atoms with E-state index >= 15 is 0 Å². The molecule has 1 aliphatic heterocycles. The Morgan fingerprint density at radius 3 is 2.50 bits per heavy atom. The highest BCUT2D eigenvalue weighted by atomic mass is 19.1. The van der Waals surface area contributed by atoms with Crippen LogP contribution in [0.3, 0.4) is 0 Å². The fourth-order valence-corrected chi connectivity index (χ4v) is 2.20. The molecule has 0 unspecified atom stereocenters. The lowest BCUT2D eigenvalue weighted by atomic mass is 10.1. The third-order valence-corrected chi connectivity index (χ3v) is 3.31. The number of hydrogen-bond acceptors (Lipinski definition) is 3. The van der Waals surface area contributed by atoms with E-state index in [2.05, 4.69) is 0 Å². The SMILES string of the molecule is CC(=O)N1CCN(c2ccc(CN)cc2F)CC1. The molecule has 1 aliphatic rings. The molecule has 1 amide bonds. The second-order valence-corrected chi connectivity index (χ2v) is 4.48. The average molecular weight is 251 g/mol. The summed E-state index contributed by atoms with van der Waals surface area (Å²) < 4.78 is 13.9. The lowest BCUT2D eigenvalue weighted by Crippen LogP contribution is -2.48. The second kappa shape index (κ2) is 5.35. The fourth-order valence-electron chi connectivity index (χ4n) is 2.20. The number of rotatable bonds is 2. The summed E-state index contributed by atoms with van der Waals surface area (Å²) in [5.74, 6) is -0.164. The first kappa shape index (κ1) is 12.8. The highest BCUT2D eigenvalue weighted by molar-refractivity contribution is 5.73. The largest absolute Gasteiger partial charge is 0.366 e. The molecule has 1 aromatic rings. The molecule has 1 heterocycles. The molecule has 2 rings (SSSR count). The van der Waals surface area contributed by atoms with Crippen molar-refractivity contribution in [3.8, 4) is 0 Å². The molecule has 0 aromatic heterocycles. The van der Waals surface area contributed by atoms with Crippen LogP contribution in [-0.2, 0) is 11.3 Å². The molecule has 0 saturated carbocycles. The number of nitrogens with two attached hydrogens (primary N) is 1. The van der Waals surface area contributed by atoms with Crippen molar-refractivity contribution in [3.63, 3.8) is 0 Å². The Labute approximate surface area is 106 Å². The molecule has 5 heteroatoms. The molecule has 0 atom stereocenters. The molecule has 18 heavy (non-hydrogen) atoms. The number of piperazine rings is 1. The normalized spacial score (nSPS) is 15.9. The van der Waals surface area contributed by atoms with Crippen molar-refractivity contribution in [3.05, 3.63) is 29.6 Å². The Kier molecular flexibility index (Phi) is 3.81. The number of carbonyl (C=O) groups is 1. The van der Waals surface area contributed by atoms with Crippen molar-refractivity contribution in [2.24, 2.45) is 5.73 Å². The van der Waals surface area contributed by atoms with Gasteiger partial charge in [-0.3, -0.25) is 4.79 Å². The highest BCUT2D eigenvalue weighted by Crippen LogP contribution is 2.21. The van der Waals surface area contributed by atoms with E-state index in [1.165, 1.54) is 6.07 Å². The lowest BCUT2D eigenvalue weighted by molar-refractivity contribution is -0.129. The second-order valence-electron chi connectivity index (χ2n) is 4.48. The van der Waals surface area contributed by atoms with Gasteiger partial charge in [-0.1, -0.05) is 6.07 Å². The molecular formula is C13H18FN3O. The molecule has 1 saturated heterocycles. The maximum atomic E-state index is 13.9. The average Bonchev–Trinajstić information content (AvgIpc) is 2.38. The zero-order chi connectivity index (χ0) is 13.1. The topological polar surface area (TPSA) is 49.6 Å². The summed E-state index contributed by atoms with van der Waals surface area (Å²) in [7, 11) is 0. The van der Waals surface area contributed by atoms with Gasteiger partial charge in [-0.2, -0.15) is 0 Å². The van der Waals surface area contributed by atoms with Crippen LogP contribution in [0.4, 0.5) is 10.1 Å². The van der Waals surface area contributed by atoms with Crippen LogP contribution in [-0.4, -0.2) is 37.0 Å². The van der Waals surface area contributed by atoms with Gasteiger partial charge in [-0.25, -0.2) is 4.39 Å². The summed E-state index contributed by atoms with van der Waals surface area (Å²) in [6, 6.07) is 5.09. The molecule has 2 N–H and O–H groups in total. The standard InChI is InChI=1S/C13H18FN3O/c1-10(18)16-4-6-17(7-5-16)13-3-2-11(9-15)8-12(13)14/h2-3,8H,4-7,9,15H2,1H3. The monoisotopic (exact) mass is 251 g/mol. The van der Waals surface area contributed by atoms with E-state index in [1.54, 1.807) is 17.9 Å². The van der Waals surface area contributed by atoms with Gasteiger partial charge in [0.25, 0.3) is 0 Å².